The lowest BCUT2D eigenvalue weighted by molar-refractivity contribution is -0.870. The molecular weight excluding hydrogens is 822 g/mol. The van der Waals surface area contributed by atoms with Crippen LogP contribution < -0.4 is 4.89 Å². The molecule has 0 amide bonds. The van der Waals surface area contributed by atoms with Crippen molar-refractivity contribution in [3.63, 3.8) is 0 Å². The van der Waals surface area contributed by atoms with Gasteiger partial charge in [0, 0.05) is 12.8 Å². The third-order valence-corrected chi connectivity index (χ3v) is 12.0. The minimum atomic E-state index is -4.65. The van der Waals surface area contributed by atoms with E-state index in [0.717, 1.165) is 44.9 Å². The summed E-state index contributed by atoms with van der Waals surface area (Å²) in [6.07, 6.45) is 56.9. The van der Waals surface area contributed by atoms with Crippen LogP contribution in [0.2, 0.25) is 0 Å². The van der Waals surface area contributed by atoms with Gasteiger partial charge < -0.3 is 27.9 Å². The highest BCUT2D eigenvalue weighted by Gasteiger charge is 2.21. The summed E-state index contributed by atoms with van der Waals surface area (Å²) in [5, 5.41) is 0. The number of phosphoric ester groups is 1. The van der Waals surface area contributed by atoms with Crippen molar-refractivity contribution in [3.05, 3.63) is 60.8 Å². The first-order valence-electron chi connectivity index (χ1n) is 26.0. The summed E-state index contributed by atoms with van der Waals surface area (Å²) < 4.78 is 34.0. The largest absolute Gasteiger partial charge is 0.756 e. The number of esters is 2. The number of ether oxygens (including phenoxy) is 2. The van der Waals surface area contributed by atoms with Crippen molar-refractivity contribution < 1.29 is 42.1 Å². The van der Waals surface area contributed by atoms with Crippen LogP contribution in [0, 0.1) is 0 Å². The van der Waals surface area contributed by atoms with Gasteiger partial charge in [-0.05, 0) is 77.0 Å². The number of hydrogen-bond acceptors (Lipinski definition) is 8. The maximum Gasteiger partial charge on any atom is 0.306 e. The van der Waals surface area contributed by atoms with E-state index in [1.165, 1.54) is 135 Å². The van der Waals surface area contributed by atoms with Gasteiger partial charge in [0.1, 0.15) is 19.8 Å². The summed E-state index contributed by atoms with van der Waals surface area (Å²) in [6, 6.07) is 0. The molecule has 0 N–H and O–H groups in total. The number of nitrogens with zero attached hydrogens (tertiary/aromatic N) is 1. The fourth-order valence-corrected chi connectivity index (χ4v) is 7.67. The molecule has 0 aromatic carbocycles. The number of carbonyl (C=O) groups is 2. The van der Waals surface area contributed by atoms with Gasteiger partial charge in [-0.3, -0.25) is 14.2 Å². The molecule has 10 heteroatoms. The lowest BCUT2D eigenvalue weighted by Crippen LogP contribution is -2.37. The van der Waals surface area contributed by atoms with Crippen LogP contribution in [0.25, 0.3) is 0 Å². The molecule has 0 aliphatic heterocycles. The molecule has 0 rings (SSSR count). The van der Waals surface area contributed by atoms with Crippen LogP contribution in [0.1, 0.15) is 219 Å². The smallest absolute Gasteiger partial charge is 0.306 e. The number of unbranched alkanes of at least 4 members (excludes halogenated alkanes) is 23. The molecule has 1 unspecified atom stereocenters. The quantitative estimate of drug-likeness (QED) is 0.0195. The molecule has 0 fully saturated rings. The Kier molecular flexibility index (Phi) is 44.2. The topological polar surface area (TPSA) is 111 Å². The minimum absolute atomic E-state index is 0.0414. The highest BCUT2D eigenvalue weighted by atomic mass is 31.2. The maximum absolute atomic E-state index is 12.7. The Labute approximate surface area is 394 Å². The predicted molar refractivity (Wildman–Crippen MR) is 268 cm³/mol. The molecule has 0 aromatic heterocycles. The minimum Gasteiger partial charge on any atom is -0.756 e. The SMILES string of the molecule is CCCCCCCC/C=C/CCCCCCCCCCCC(=O)O[C@H](COC(=O)CCC/C=C/C/C=C/C/C=C/C/C=C/CCCCCCCCC)COP(=O)([O-])OCC[N+](C)(C)C. The van der Waals surface area contributed by atoms with E-state index in [1.54, 1.807) is 0 Å². The average molecular weight is 920 g/mol. The van der Waals surface area contributed by atoms with E-state index in [2.05, 4.69) is 74.6 Å². The number of hydrogen-bond donors (Lipinski definition) is 0. The first-order chi connectivity index (χ1) is 31.0. The van der Waals surface area contributed by atoms with E-state index in [4.69, 9.17) is 18.5 Å². The average Bonchev–Trinajstić information content (AvgIpc) is 3.25. The fraction of sp³-hybridized carbons (Fsp3) is 0.778. The number of allylic oxidation sites excluding steroid dienone is 10. The molecule has 0 radical (unpaired) electrons. The van der Waals surface area contributed by atoms with Crippen LogP contribution in [0.4, 0.5) is 0 Å². The first-order valence-corrected chi connectivity index (χ1v) is 27.5. The molecular formula is C54H98NO8P. The van der Waals surface area contributed by atoms with Gasteiger partial charge in [-0.1, -0.05) is 190 Å². The zero-order valence-electron chi connectivity index (χ0n) is 42.0. The zero-order valence-corrected chi connectivity index (χ0v) is 42.9. The highest BCUT2D eigenvalue weighted by molar-refractivity contribution is 7.45. The van der Waals surface area contributed by atoms with Crippen LogP contribution >= 0.6 is 7.82 Å². The molecule has 372 valence electrons. The number of rotatable bonds is 47. The second kappa shape index (κ2) is 45.8. The summed E-state index contributed by atoms with van der Waals surface area (Å²) in [6.45, 7) is 4.17. The molecule has 0 aliphatic rings. The Bertz CT molecular complexity index is 1270. The second-order valence-corrected chi connectivity index (χ2v) is 19.9. The van der Waals surface area contributed by atoms with E-state index < -0.39 is 32.5 Å². The summed E-state index contributed by atoms with van der Waals surface area (Å²) in [4.78, 5) is 37.7. The van der Waals surface area contributed by atoms with Gasteiger partial charge in [-0.2, -0.15) is 0 Å². The van der Waals surface area contributed by atoms with Crippen LogP contribution in [0.3, 0.4) is 0 Å². The monoisotopic (exact) mass is 920 g/mol. The van der Waals surface area contributed by atoms with E-state index in [0.29, 0.717) is 23.9 Å². The van der Waals surface area contributed by atoms with Crippen molar-refractivity contribution in [2.45, 2.75) is 225 Å². The molecule has 0 bridgehead atoms. The van der Waals surface area contributed by atoms with Crippen LogP contribution in [0.5, 0.6) is 0 Å². The number of phosphoric acid groups is 1. The maximum atomic E-state index is 12.7. The van der Waals surface area contributed by atoms with Crippen molar-refractivity contribution in [1.82, 2.24) is 0 Å². The Morgan fingerprint density at radius 3 is 1.31 bits per heavy atom. The molecule has 2 atom stereocenters. The summed E-state index contributed by atoms with van der Waals surface area (Å²) in [5.41, 5.74) is 0. The van der Waals surface area contributed by atoms with Crippen LogP contribution in [-0.2, 0) is 32.7 Å². The van der Waals surface area contributed by atoms with Gasteiger partial charge in [0.15, 0.2) is 6.10 Å². The van der Waals surface area contributed by atoms with E-state index in [1.807, 2.05) is 21.1 Å². The molecule has 0 saturated heterocycles. The van der Waals surface area contributed by atoms with Gasteiger partial charge in [0.05, 0.1) is 27.7 Å². The van der Waals surface area contributed by atoms with Gasteiger partial charge in [0.2, 0.25) is 0 Å². The number of likely N-dealkylation sites (N-methyl/N-ethyl adjacent to an activating group) is 1. The highest BCUT2D eigenvalue weighted by Crippen LogP contribution is 2.38. The van der Waals surface area contributed by atoms with Crippen molar-refractivity contribution >= 4 is 19.8 Å². The van der Waals surface area contributed by atoms with Crippen molar-refractivity contribution in [2.75, 3.05) is 47.5 Å². The normalized spacial score (nSPS) is 13.9. The van der Waals surface area contributed by atoms with Crippen LogP contribution in [-0.4, -0.2) is 70.0 Å². The molecule has 0 spiro atoms. The third kappa shape index (κ3) is 49.2. The first kappa shape index (κ1) is 61.7. The molecule has 0 aliphatic carbocycles. The van der Waals surface area contributed by atoms with E-state index >= 15 is 0 Å². The standard InChI is InChI=1S/C54H98NO8P/c1-6-8-10-12-14-16-18-20-22-24-26-27-29-30-32-34-36-38-40-42-44-46-53(56)60-50-52(51-62-64(58,59)61-49-48-55(3,4)5)63-54(57)47-45-43-41-39-37-35-33-31-28-25-23-21-19-17-15-13-11-9-7-2/h21-24,27,29,32,34,38,40,52H,6-20,25-26,28,30-31,33,35-37,39,41-51H2,1-5H3/b23-21+,24-22+,29-27+,34-32+,40-38+/t52-/m1/s1. The fourth-order valence-electron chi connectivity index (χ4n) is 6.94. The van der Waals surface area contributed by atoms with Crippen LogP contribution in [0.15, 0.2) is 60.8 Å². The Hall–Kier alpha value is -2.29. The Morgan fingerprint density at radius 2 is 0.859 bits per heavy atom. The summed E-state index contributed by atoms with van der Waals surface area (Å²) in [7, 11) is 1.13. The summed E-state index contributed by atoms with van der Waals surface area (Å²) in [5.74, 6) is -0.900. The molecule has 0 aromatic rings. The van der Waals surface area contributed by atoms with Crippen molar-refractivity contribution in [1.29, 1.82) is 0 Å². The lowest BCUT2D eigenvalue weighted by atomic mass is 10.1. The van der Waals surface area contributed by atoms with E-state index in [-0.39, 0.29) is 26.1 Å². The van der Waals surface area contributed by atoms with Gasteiger partial charge in [0.25, 0.3) is 7.82 Å². The van der Waals surface area contributed by atoms with E-state index in [9.17, 15) is 19.0 Å². The summed E-state index contributed by atoms with van der Waals surface area (Å²) >= 11 is 0. The molecule has 9 nitrogen and oxygen atoms in total. The Morgan fingerprint density at radius 1 is 0.484 bits per heavy atom. The van der Waals surface area contributed by atoms with Gasteiger partial charge in [-0.15, -0.1) is 0 Å². The Balaban J connectivity index is 4.35. The zero-order chi connectivity index (χ0) is 47.1. The predicted octanol–water partition coefficient (Wildman–Crippen LogP) is 15.0. The van der Waals surface area contributed by atoms with Crippen molar-refractivity contribution in [3.8, 4) is 0 Å². The molecule has 0 saturated carbocycles. The van der Waals surface area contributed by atoms with Gasteiger partial charge in [-0.25, -0.2) is 0 Å². The van der Waals surface area contributed by atoms with Crippen molar-refractivity contribution in [2.24, 2.45) is 0 Å². The molecule has 64 heavy (non-hydrogen) atoms. The third-order valence-electron chi connectivity index (χ3n) is 11.0. The molecule has 0 heterocycles. The second-order valence-electron chi connectivity index (χ2n) is 18.5. The van der Waals surface area contributed by atoms with Gasteiger partial charge >= 0.3 is 11.9 Å². The lowest BCUT2D eigenvalue weighted by Gasteiger charge is -2.28. The number of quaternary nitrogens is 1. The number of carbonyl (C=O) groups excluding carboxylic acids is 2.